The van der Waals surface area contributed by atoms with Crippen molar-refractivity contribution in [3.8, 4) is 0 Å². The molecular weight excluding hydrogens is 326 g/mol. The molecule has 3 nitrogen and oxygen atoms in total. The second kappa shape index (κ2) is 8.28. The summed E-state index contributed by atoms with van der Waals surface area (Å²) in [5.74, 6) is 0. The number of halogens is 1. The predicted octanol–water partition coefficient (Wildman–Crippen LogP) is 3.13. The van der Waals surface area contributed by atoms with Crippen LogP contribution in [0.15, 0.2) is 28.7 Å². The van der Waals surface area contributed by atoms with Crippen LogP contribution >= 0.6 is 15.9 Å². The number of hydrogen-bond donors (Lipinski definition) is 1. The average molecular weight is 354 g/mol. The Bertz CT molecular complexity index is 438. The number of rotatable bonds is 7. The van der Waals surface area contributed by atoms with Gasteiger partial charge in [-0.2, -0.15) is 0 Å². The number of likely N-dealkylation sites (N-methyl/N-ethyl adjacent to an activating group) is 2. The molecule has 0 bridgehead atoms. The van der Waals surface area contributed by atoms with Crippen molar-refractivity contribution >= 4 is 15.9 Å². The van der Waals surface area contributed by atoms with Crippen molar-refractivity contribution in [3.63, 3.8) is 0 Å². The van der Waals surface area contributed by atoms with Gasteiger partial charge in [-0.3, -0.25) is 0 Å². The molecule has 0 aliphatic carbocycles. The first-order chi connectivity index (χ1) is 10.1. The Balaban J connectivity index is 1.82. The fourth-order valence-electron chi connectivity index (χ4n) is 3.21. The number of nitrogens with one attached hydrogen (secondary N) is 1. The van der Waals surface area contributed by atoms with Crippen LogP contribution in [0.2, 0.25) is 0 Å². The van der Waals surface area contributed by atoms with Gasteiger partial charge in [0.2, 0.25) is 0 Å². The van der Waals surface area contributed by atoms with E-state index in [0.717, 1.165) is 23.5 Å². The van der Waals surface area contributed by atoms with Gasteiger partial charge in [0.05, 0.1) is 0 Å². The highest BCUT2D eigenvalue weighted by molar-refractivity contribution is 9.10. The summed E-state index contributed by atoms with van der Waals surface area (Å²) >= 11 is 3.56. The van der Waals surface area contributed by atoms with E-state index in [-0.39, 0.29) is 0 Å². The largest absolute Gasteiger partial charge is 0.313 e. The van der Waals surface area contributed by atoms with E-state index >= 15 is 0 Å². The molecule has 4 heteroatoms. The third-order valence-corrected chi connectivity index (χ3v) is 5.09. The van der Waals surface area contributed by atoms with Crippen LogP contribution in [0.5, 0.6) is 0 Å². The lowest BCUT2D eigenvalue weighted by Crippen LogP contribution is -2.37. The van der Waals surface area contributed by atoms with Crippen LogP contribution in [0.3, 0.4) is 0 Å². The van der Waals surface area contributed by atoms with Gasteiger partial charge in [-0.15, -0.1) is 0 Å². The van der Waals surface area contributed by atoms with Crippen LogP contribution in [0.1, 0.15) is 30.9 Å². The van der Waals surface area contributed by atoms with Gasteiger partial charge in [0.25, 0.3) is 0 Å². The molecule has 1 heterocycles. The molecule has 2 atom stereocenters. The molecule has 0 saturated carbocycles. The van der Waals surface area contributed by atoms with Crippen molar-refractivity contribution in [2.45, 2.75) is 31.3 Å². The quantitative estimate of drug-likeness (QED) is 0.812. The van der Waals surface area contributed by atoms with Crippen molar-refractivity contribution in [1.82, 2.24) is 15.1 Å². The van der Waals surface area contributed by atoms with Crippen molar-refractivity contribution in [3.05, 3.63) is 34.3 Å². The minimum Gasteiger partial charge on any atom is -0.313 e. The van der Waals surface area contributed by atoms with Gasteiger partial charge in [-0.25, -0.2) is 0 Å². The molecule has 2 rings (SSSR count). The summed E-state index contributed by atoms with van der Waals surface area (Å²) in [4.78, 5) is 4.98. The van der Waals surface area contributed by atoms with Crippen LogP contribution in [0.4, 0.5) is 0 Å². The summed E-state index contributed by atoms with van der Waals surface area (Å²) in [6.45, 7) is 3.57. The fourth-order valence-corrected chi connectivity index (χ4v) is 3.63. The highest BCUT2D eigenvalue weighted by Gasteiger charge is 2.22. The summed E-state index contributed by atoms with van der Waals surface area (Å²) < 4.78 is 1.15. The van der Waals surface area contributed by atoms with Gasteiger partial charge < -0.3 is 15.1 Å². The van der Waals surface area contributed by atoms with Crippen molar-refractivity contribution < 1.29 is 0 Å². The lowest BCUT2D eigenvalue weighted by molar-refractivity contribution is 0.214. The maximum Gasteiger partial charge on any atom is 0.0330 e. The fraction of sp³-hybridized carbons (Fsp3) is 0.647. The van der Waals surface area contributed by atoms with E-state index in [1.54, 1.807) is 0 Å². The number of nitrogens with zero attached hydrogens (tertiary/aromatic N) is 2. The monoisotopic (exact) mass is 353 g/mol. The second-order valence-electron chi connectivity index (χ2n) is 6.22. The van der Waals surface area contributed by atoms with Crippen molar-refractivity contribution in [2.75, 3.05) is 40.8 Å². The first-order valence-electron chi connectivity index (χ1n) is 7.91. The minimum atomic E-state index is 0.422. The van der Waals surface area contributed by atoms with Gasteiger partial charge in [-0.05, 0) is 71.2 Å². The Labute approximate surface area is 137 Å². The zero-order chi connectivity index (χ0) is 15.2. The molecule has 0 amide bonds. The first-order valence-corrected chi connectivity index (χ1v) is 8.71. The minimum absolute atomic E-state index is 0.422. The van der Waals surface area contributed by atoms with Gasteiger partial charge >= 0.3 is 0 Å². The standard InChI is InChI=1S/C17H28BrN3/c1-19-17(14-6-4-7-15(18)12-14)9-11-20(2)13-16-8-5-10-21(16)3/h4,6-7,12,16-17,19H,5,8-11,13H2,1-3H3. The molecule has 0 spiro atoms. The van der Waals surface area contributed by atoms with E-state index in [4.69, 9.17) is 0 Å². The zero-order valence-electron chi connectivity index (χ0n) is 13.5. The maximum atomic E-state index is 3.56. The Morgan fingerprint density at radius 2 is 2.29 bits per heavy atom. The lowest BCUT2D eigenvalue weighted by Gasteiger charge is -2.27. The molecule has 1 aromatic carbocycles. The summed E-state index contributed by atoms with van der Waals surface area (Å²) in [5, 5.41) is 3.45. The molecule has 0 radical (unpaired) electrons. The van der Waals surface area contributed by atoms with Crippen molar-refractivity contribution in [2.24, 2.45) is 0 Å². The molecule has 1 saturated heterocycles. The van der Waals surface area contributed by atoms with Crippen LogP contribution in [-0.2, 0) is 0 Å². The smallest absolute Gasteiger partial charge is 0.0330 e. The molecule has 1 aliphatic rings. The van der Waals surface area contributed by atoms with E-state index in [9.17, 15) is 0 Å². The summed E-state index contributed by atoms with van der Waals surface area (Å²) in [6, 6.07) is 9.78. The normalized spacial score (nSPS) is 21.1. The Kier molecular flexibility index (Phi) is 6.68. The molecule has 0 aromatic heterocycles. The summed E-state index contributed by atoms with van der Waals surface area (Å²) in [6.07, 6.45) is 3.84. The maximum absolute atomic E-state index is 3.56. The Morgan fingerprint density at radius 3 is 2.90 bits per heavy atom. The molecule has 1 aliphatic heterocycles. The van der Waals surface area contributed by atoms with Crippen LogP contribution < -0.4 is 5.32 Å². The number of hydrogen-bond acceptors (Lipinski definition) is 3. The van der Waals surface area contributed by atoms with Gasteiger partial charge in [-0.1, -0.05) is 28.1 Å². The highest BCUT2D eigenvalue weighted by atomic mass is 79.9. The SMILES string of the molecule is CNC(CCN(C)CC1CCCN1C)c1cccc(Br)c1. The Morgan fingerprint density at radius 1 is 1.48 bits per heavy atom. The zero-order valence-corrected chi connectivity index (χ0v) is 15.1. The summed E-state index contributed by atoms with van der Waals surface area (Å²) in [7, 11) is 6.56. The molecule has 2 unspecified atom stereocenters. The topological polar surface area (TPSA) is 18.5 Å². The van der Waals surface area contributed by atoms with Crippen molar-refractivity contribution in [1.29, 1.82) is 0 Å². The lowest BCUT2D eigenvalue weighted by atomic mass is 10.0. The average Bonchev–Trinajstić information content (AvgIpc) is 2.85. The van der Waals surface area contributed by atoms with Gasteiger partial charge in [0.1, 0.15) is 0 Å². The highest BCUT2D eigenvalue weighted by Crippen LogP contribution is 2.21. The van der Waals surface area contributed by atoms with E-state index in [0.29, 0.717) is 6.04 Å². The number of likely N-dealkylation sites (tertiary alicyclic amines) is 1. The van der Waals surface area contributed by atoms with E-state index < -0.39 is 0 Å². The molecular formula is C17H28BrN3. The first kappa shape index (κ1) is 16.9. The third kappa shape index (κ3) is 5.06. The molecule has 1 fully saturated rings. The third-order valence-electron chi connectivity index (χ3n) is 4.59. The van der Waals surface area contributed by atoms with Gasteiger partial charge in [0.15, 0.2) is 0 Å². The summed E-state index contributed by atoms with van der Waals surface area (Å²) in [5.41, 5.74) is 1.36. The van der Waals surface area contributed by atoms with Crippen LogP contribution in [0, 0.1) is 0 Å². The second-order valence-corrected chi connectivity index (χ2v) is 7.14. The Hall–Kier alpha value is -0.420. The molecule has 21 heavy (non-hydrogen) atoms. The molecule has 118 valence electrons. The van der Waals surface area contributed by atoms with E-state index in [1.165, 1.54) is 31.5 Å². The van der Waals surface area contributed by atoms with Crippen LogP contribution in [0.25, 0.3) is 0 Å². The van der Waals surface area contributed by atoms with E-state index in [1.807, 2.05) is 0 Å². The van der Waals surface area contributed by atoms with E-state index in [2.05, 4.69) is 76.5 Å². The number of benzene rings is 1. The molecule has 1 N–H and O–H groups in total. The molecule has 1 aromatic rings. The predicted molar refractivity (Wildman–Crippen MR) is 93.7 cm³/mol. The van der Waals surface area contributed by atoms with Gasteiger partial charge in [0, 0.05) is 23.1 Å². The van der Waals surface area contributed by atoms with Crippen LogP contribution in [-0.4, -0.2) is 56.6 Å².